The second-order valence-corrected chi connectivity index (χ2v) is 4.20. The Kier molecular flexibility index (Phi) is 2.97. The monoisotopic (exact) mass is 222 g/mol. The molecule has 2 nitrogen and oxygen atoms in total. The molecule has 1 heterocycles. The van der Waals surface area contributed by atoms with E-state index in [0.29, 0.717) is 12.2 Å². The van der Waals surface area contributed by atoms with Crippen LogP contribution in [0, 0.1) is 5.82 Å². The molecule has 0 aliphatic carbocycles. The summed E-state index contributed by atoms with van der Waals surface area (Å²) < 4.78 is 18.3. The molecular weight excluding hydrogens is 207 g/mol. The lowest BCUT2D eigenvalue weighted by molar-refractivity contribution is 0.0782. The van der Waals surface area contributed by atoms with Gasteiger partial charge in [0, 0.05) is 5.57 Å². The van der Waals surface area contributed by atoms with Gasteiger partial charge in [0.1, 0.15) is 11.4 Å². The van der Waals surface area contributed by atoms with Crippen LogP contribution >= 0.6 is 0 Å². The SMILES string of the molecule is CC(O)(C1=COCCC1)c1cccc(F)c1. The molecule has 1 N–H and O–H groups in total. The zero-order valence-electron chi connectivity index (χ0n) is 9.24. The number of halogens is 1. The number of benzene rings is 1. The van der Waals surface area contributed by atoms with Gasteiger partial charge in [-0.3, -0.25) is 0 Å². The molecule has 0 spiro atoms. The van der Waals surface area contributed by atoms with Crippen LogP contribution in [0.1, 0.15) is 25.3 Å². The van der Waals surface area contributed by atoms with Crippen molar-refractivity contribution < 1.29 is 14.2 Å². The second-order valence-electron chi connectivity index (χ2n) is 4.20. The van der Waals surface area contributed by atoms with Gasteiger partial charge in [-0.05, 0) is 37.5 Å². The fourth-order valence-electron chi connectivity index (χ4n) is 1.90. The molecule has 0 saturated heterocycles. The minimum atomic E-state index is -1.15. The predicted octanol–water partition coefficient (Wildman–Crippen LogP) is 2.73. The van der Waals surface area contributed by atoms with Crippen LogP contribution < -0.4 is 0 Å². The van der Waals surface area contributed by atoms with Crippen molar-refractivity contribution in [3.05, 3.63) is 47.5 Å². The molecule has 0 amide bonds. The molecule has 0 fully saturated rings. The molecule has 86 valence electrons. The zero-order chi connectivity index (χ0) is 11.6. The fourth-order valence-corrected chi connectivity index (χ4v) is 1.90. The molecule has 1 atom stereocenters. The Balaban J connectivity index is 2.33. The lowest BCUT2D eigenvalue weighted by Crippen LogP contribution is -2.26. The first-order chi connectivity index (χ1) is 7.60. The fraction of sp³-hybridized carbons (Fsp3) is 0.385. The normalized spacial score (nSPS) is 19.6. The molecule has 3 heteroatoms. The summed E-state index contributed by atoms with van der Waals surface area (Å²) in [4.78, 5) is 0. The summed E-state index contributed by atoms with van der Waals surface area (Å²) in [6.45, 7) is 2.35. The zero-order valence-corrected chi connectivity index (χ0v) is 9.24. The highest BCUT2D eigenvalue weighted by Crippen LogP contribution is 2.33. The van der Waals surface area contributed by atoms with E-state index in [0.717, 1.165) is 18.4 Å². The molecule has 16 heavy (non-hydrogen) atoms. The highest BCUT2D eigenvalue weighted by molar-refractivity contribution is 5.32. The molecule has 0 bridgehead atoms. The van der Waals surface area contributed by atoms with Crippen LogP contribution in [0.25, 0.3) is 0 Å². The first-order valence-electron chi connectivity index (χ1n) is 5.40. The van der Waals surface area contributed by atoms with Crippen molar-refractivity contribution in [2.45, 2.75) is 25.4 Å². The maximum atomic E-state index is 13.1. The summed E-state index contributed by atoms with van der Waals surface area (Å²) in [5, 5.41) is 10.4. The van der Waals surface area contributed by atoms with E-state index in [9.17, 15) is 9.50 Å². The molecular formula is C13H15FO2. The van der Waals surface area contributed by atoms with Crippen molar-refractivity contribution in [2.75, 3.05) is 6.61 Å². The summed E-state index contributed by atoms with van der Waals surface area (Å²) in [7, 11) is 0. The summed E-state index contributed by atoms with van der Waals surface area (Å²) in [5.41, 5.74) is 0.205. The highest BCUT2D eigenvalue weighted by Gasteiger charge is 2.29. The standard InChI is InChI=1S/C13H15FO2/c1-13(15,11-5-3-7-16-9-11)10-4-2-6-12(14)8-10/h2,4,6,8-9,15H,3,5,7H2,1H3. The van der Waals surface area contributed by atoms with Crippen molar-refractivity contribution in [1.29, 1.82) is 0 Å². The molecule has 0 radical (unpaired) electrons. The topological polar surface area (TPSA) is 29.5 Å². The Hall–Kier alpha value is -1.35. The minimum absolute atomic E-state index is 0.338. The third-order valence-corrected chi connectivity index (χ3v) is 2.95. The largest absolute Gasteiger partial charge is 0.501 e. The second kappa shape index (κ2) is 4.26. The molecule has 1 aliphatic heterocycles. The molecule has 1 unspecified atom stereocenters. The highest BCUT2D eigenvalue weighted by atomic mass is 19.1. The number of hydrogen-bond acceptors (Lipinski definition) is 2. The summed E-state index contributed by atoms with van der Waals surface area (Å²) in [5.74, 6) is -0.338. The van der Waals surface area contributed by atoms with Crippen LogP contribution in [0.4, 0.5) is 4.39 Å². The Morgan fingerprint density at radius 3 is 2.88 bits per heavy atom. The molecule has 2 rings (SSSR count). The quantitative estimate of drug-likeness (QED) is 0.833. The van der Waals surface area contributed by atoms with E-state index in [1.165, 1.54) is 12.1 Å². The van der Waals surface area contributed by atoms with Gasteiger partial charge < -0.3 is 9.84 Å². The van der Waals surface area contributed by atoms with Crippen LogP contribution in [0.3, 0.4) is 0 Å². The van der Waals surface area contributed by atoms with Crippen molar-refractivity contribution in [2.24, 2.45) is 0 Å². The molecule has 0 aromatic heterocycles. The van der Waals surface area contributed by atoms with E-state index < -0.39 is 5.60 Å². The Morgan fingerprint density at radius 1 is 1.44 bits per heavy atom. The average Bonchev–Trinajstić information content (AvgIpc) is 2.30. The summed E-state index contributed by atoms with van der Waals surface area (Å²) >= 11 is 0. The van der Waals surface area contributed by atoms with Crippen molar-refractivity contribution in [3.8, 4) is 0 Å². The lowest BCUT2D eigenvalue weighted by atomic mass is 9.85. The summed E-state index contributed by atoms with van der Waals surface area (Å²) in [6.07, 6.45) is 3.26. The third-order valence-electron chi connectivity index (χ3n) is 2.95. The van der Waals surface area contributed by atoms with Gasteiger partial charge in [-0.1, -0.05) is 12.1 Å². The first kappa shape index (κ1) is 11.1. The predicted molar refractivity (Wildman–Crippen MR) is 59.2 cm³/mol. The van der Waals surface area contributed by atoms with Crippen LogP contribution in [0.2, 0.25) is 0 Å². The van der Waals surface area contributed by atoms with Crippen LogP contribution in [0.5, 0.6) is 0 Å². The molecule has 0 saturated carbocycles. The van der Waals surface area contributed by atoms with Gasteiger partial charge in [0.25, 0.3) is 0 Å². The molecule has 1 aliphatic rings. The number of ether oxygens (including phenoxy) is 1. The van der Waals surface area contributed by atoms with Gasteiger partial charge in [-0.2, -0.15) is 0 Å². The van der Waals surface area contributed by atoms with Crippen LogP contribution in [-0.4, -0.2) is 11.7 Å². The Labute approximate surface area is 94.4 Å². The lowest BCUT2D eigenvalue weighted by Gasteiger charge is -2.29. The maximum Gasteiger partial charge on any atom is 0.123 e. The Morgan fingerprint density at radius 2 is 2.25 bits per heavy atom. The van der Waals surface area contributed by atoms with E-state index in [1.807, 2.05) is 0 Å². The van der Waals surface area contributed by atoms with Gasteiger partial charge in [0.05, 0.1) is 12.9 Å². The van der Waals surface area contributed by atoms with Crippen molar-refractivity contribution >= 4 is 0 Å². The average molecular weight is 222 g/mol. The molecule has 1 aromatic rings. The van der Waals surface area contributed by atoms with Crippen molar-refractivity contribution in [3.63, 3.8) is 0 Å². The third kappa shape index (κ3) is 2.09. The van der Waals surface area contributed by atoms with Gasteiger partial charge in [0.2, 0.25) is 0 Å². The van der Waals surface area contributed by atoms with E-state index in [1.54, 1.807) is 25.3 Å². The van der Waals surface area contributed by atoms with Gasteiger partial charge in [-0.25, -0.2) is 4.39 Å². The van der Waals surface area contributed by atoms with E-state index in [-0.39, 0.29) is 5.82 Å². The molecule has 1 aromatic carbocycles. The minimum Gasteiger partial charge on any atom is -0.501 e. The number of hydrogen-bond donors (Lipinski definition) is 1. The number of rotatable bonds is 2. The smallest absolute Gasteiger partial charge is 0.123 e. The maximum absolute atomic E-state index is 13.1. The van der Waals surface area contributed by atoms with E-state index in [2.05, 4.69) is 0 Å². The van der Waals surface area contributed by atoms with Crippen LogP contribution in [-0.2, 0) is 10.3 Å². The van der Waals surface area contributed by atoms with E-state index >= 15 is 0 Å². The van der Waals surface area contributed by atoms with Crippen molar-refractivity contribution in [1.82, 2.24) is 0 Å². The first-order valence-corrected chi connectivity index (χ1v) is 5.40. The van der Waals surface area contributed by atoms with Gasteiger partial charge >= 0.3 is 0 Å². The van der Waals surface area contributed by atoms with Crippen LogP contribution in [0.15, 0.2) is 36.1 Å². The Bertz CT molecular complexity index is 410. The summed E-state index contributed by atoms with van der Waals surface area (Å²) in [6, 6.07) is 6.04. The number of aliphatic hydroxyl groups is 1. The van der Waals surface area contributed by atoms with Gasteiger partial charge in [0.15, 0.2) is 0 Å². The van der Waals surface area contributed by atoms with Gasteiger partial charge in [-0.15, -0.1) is 0 Å². The van der Waals surface area contributed by atoms with E-state index in [4.69, 9.17) is 4.74 Å².